The summed E-state index contributed by atoms with van der Waals surface area (Å²) >= 11 is 0. The van der Waals surface area contributed by atoms with Crippen LogP contribution in [0.4, 0.5) is 4.39 Å². The molecule has 1 aromatic carbocycles. The van der Waals surface area contributed by atoms with Crippen LogP contribution >= 0.6 is 0 Å². The number of benzene rings is 1. The van der Waals surface area contributed by atoms with E-state index >= 15 is 0 Å². The van der Waals surface area contributed by atoms with Crippen molar-refractivity contribution in [1.29, 1.82) is 0 Å². The maximum Gasteiger partial charge on any atom is 0.239 e. The standard InChI is InChI=1S/C24H32FN5O/c25-19-5-3-4-16(8-19)9-23-18-10-17(22-6-1-2-7-30(22)23)13-29(14-18)24(31)21(26)11-20-12-27-15-28-20/h3-5,8,12,15,17-18,21-23H,1-2,6-7,9-11,13-14,26H2,(H,27,28)/t17-,18+,21+,22+,23+/m1/s1. The summed E-state index contributed by atoms with van der Waals surface area (Å²) in [5.41, 5.74) is 8.24. The van der Waals surface area contributed by atoms with E-state index < -0.39 is 6.04 Å². The van der Waals surface area contributed by atoms with E-state index in [0.717, 1.165) is 43.7 Å². The second kappa shape index (κ2) is 8.71. The zero-order valence-corrected chi connectivity index (χ0v) is 17.9. The van der Waals surface area contributed by atoms with E-state index in [0.29, 0.717) is 30.3 Å². The Morgan fingerprint density at radius 3 is 2.97 bits per heavy atom. The number of halogens is 1. The molecule has 0 aliphatic carbocycles. The number of carbonyl (C=O) groups excluding carboxylic acids is 1. The summed E-state index contributed by atoms with van der Waals surface area (Å²) in [5.74, 6) is 0.774. The van der Waals surface area contributed by atoms with E-state index in [-0.39, 0.29) is 11.7 Å². The Morgan fingerprint density at radius 2 is 2.16 bits per heavy atom. The van der Waals surface area contributed by atoms with Gasteiger partial charge >= 0.3 is 0 Å². The number of nitrogens with zero attached hydrogens (tertiary/aromatic N) is 3. The molecule has 3 saturated heterocycles. The summed E-state index contributed by atoms with van der Waals surface area (Å²) in [5, 5.41) is 0. The van der Waals surface area contributed by atoms with Crippen molar-refractivity contribution in [3.63, 3.8) is 0 Å². The van der Waals surface area contributed by atoms with Gasteiger partial charge in [-0.05, 0) is 61.8 Å². The van der Waals surface area contributed by atoms with Gasteiger partial charge in [-0.1, -0.05) is 18.6 Å². The molecule has 2 bridgehead atoms. The highest BCUT2D eigenvalue weighted by molar-refractivity contribution is 5.82. The summed E-state index contributed by atoms with van der Waals surface area (Å²) in [4.78, 5) is 25.0. The Hall–Kier alpha value is -2.25. The van der Waals surface area contributed by atoms with Crippen LogP contribution < -0.4 is 5.73 Å². The zero-order valence-electron chi connectivity index (χ0n) is 17.9. The van der Waals surface area contributed by atoms with Crippen LogP contribution in [0.3, 0.4) is 0 Å². The van der Waals surface area contributed by atoms with E-state index in [1.807, 2.05) is 11.0 Å². The van der Waals surface area contributed by atoms with Crippen LogP contribution in [0.25, 0.3) is 0 Å². The molecule has 3 aliphatic heterocycles. The van der Waals surface area contributed by atoms with Crippen LogP contribution in [0.5, 0.6) is 0 Å². The molecule has 1 amide bonds. The maximum atomic E-state index is 13.8. The Kier molecular flexibility index (Phi) is 5.80. The number of H-pyrrole nitrogens is 1. The molecule has 0 unspecified atom stereocenters. The first-order valence-corrected chi connectivity index (χ1v) is 11.6. The summed E-state index contributed by atoms with van der Waals surface area (Å²) in [6, 6.07) is 7.31. The third-order valence-electron chi connectivity index (χ3n) is 7.58. The number of piperidine rings is 3. The zero-order chi connectivity index (χ0) is 21.4. The molecule has 166 valence electrons. The number of nitrogens with two attached hydrogens (primary N) is 1. The molecule has 1 aromatic heterocycles. The fourth-order valence-electron chi connectivity index (χ4n) is 6.23. The fraction of sp³-hybridized carbons (Fsp3) is 0.583. The average Bonchev–Trinajstić information content (AvgIpc) is 3.29. The molecule has 7 heteroatoms. The number of imidazole rings is 1. The van der Waals surface area contributed by atoms with Crippen LogP contribution in [0.2, 0.25) is 0 Å². The molecule has 31 heavy (non-hydrogen) atoms. The molecule has 5 atom stereocenters. The van der Waals surface area contributed by atoms with Gasteiger partial charge < -0.3 is 15.6 Å². The third kappa shape index (κ3) is 4.26. The molecule has 4 heterocycles. The van der Waals surface area contributed by atoms with Crippen molar-refractivity contribution >= 4 is 5.91 Å². The van der Waals surface area contributed by atoms with Crippen LogP contribution in [0, 0.1) is 17.7 Å². The molecule has 2 aromatic rings. The second-order valence-electron chi connectivity index (χ2n) is 9.59. The fourth-order valence-corrected chi connectivity index (χ4v) is 6.23. The highest BCUT2D eigenvalue weighted by Gasteiger charge is 2.48. The van der Waals surface area contributed by atoms with Crippen molar-refractivity contribution < 1.29 is 9.18 Å². The topological polar surface area (TPSA) is 78.2 Å². The molecule has 0 spiro atoms. The van der Waals surface area contributed by atoms with Crippen molar-refractivity contribution in [3.05, 3.63) is 53.9 Å². The molecular weight excluding hydrogens is 393 g/mol. The van der Waals surface area contributed by atoms with Gasteiger partial charge in [-0.25, -0.2) is 9.37 Å². The largest absolute Gasteiger partial charge is 0.348 e. The minimum absolute atomic E-state index is 0.0399. The first-order valence-electron chi connectivity index (χ1n) is 11.6. The van der Waals surface area contributed by atoms with E-state index in [4.69, 9.17) is 5.73 Å². The molecule has 0 radical (unpaired) electrons. The number of aromatic amines is 1. The normalized spacial score (nSPS) is 29.4. The summed E-state index contributed by atoms with van der Waals surface area (Å²) in [6.45, 7) is 2.67. The number of likely N-dealkylation sites (tertiary alicyclic amines) is 1. The molecule has 3 N–H and O–H groups in total. The number of aromatic nitrogens is 2. The lowest BCUT2D eigenvalue weighted by atomic mass is 9.71. The summed E-state index contributed by atoms with van der Waals surface area (Å²) in [7, 11) is 0. The van der Waals surface area contributed by atoms with E-state index in [1.165, 1.54) is 25.3 Å². The summed E-state index contributed by atoms with van der Waals surface area (Å²) in [6.07, 6.45) is 9.50. The molecule has 3 fully saturated rings. The van der Waals surface area contributed by atoms with Crippen molar-refractivity contribution in [3.8, 4) is 0 Å². The van der Waals surface area contributed by atoms with Crippen molar-refractivity contribution in [2.24, 2.45) is 17.6 Å². The lowest BCUT2D eigenvalue weighted by Gasteiger charge is -2.57. The Morgan fingerprint density at radius 1 is 1.29 bits per heavy atom. The summed E-state index contributed by atoms with van der Waals surface area (Å²) < 4.78 is 13.8. The monoisotopic (exact) mass is 425 g/mol. The van der Waals surface area contributed by atoms with Gasteiger partial charge in [0.05, 0.1) is 12.4 Å². The number of amides is 1. The van der Waals surface area contributed by atoms with Gasteiger partial charge in [-0.2, -0.15) is 0 Å². The van der Waals surface area contributed by atoms with Gasteiger partial charge in [0.15, 0.2) is 0 Å². The number of hydrogen-bond donors (Lipinski definition) is 2. The Balaban J connectivity index is 1.35. The molecule has 6 nitrogen and oxygen atoms in total. The molecular formula is C24H32FN5O. The molecule has 5 rings (SSSR count). The van der Waals surface area contributed by atoms with Crippen molar-refractivity contribution in [2.45, 2.75) is 56.7 Å². The minimum atomic E-state index is -0.552. The average molecular weight is 426 g/mol. The van der Waals surface area contributed by atoms with E-state index in [1.54, 1.807) is 24.7 Å². The predicted octanol–water partition coefficient (Wildman–Crippen LogP) is 2.36. The van der Waals surface area contributed by atoms with Gasteiger partial charge in [-0.15, -0.1) is 0 Å². The van der Waals surface area contributed by atoms with Crippen LogP contribution in [0.1, 0.15) is 36.9 Å². The van der Waals surface area contributed by atoms with Gasteiger partial charge in [0.1, 0.15) is 5.82 Å². The smallest absolute Gasteiger partial charge is 0.239 e. The van der Waals surface area contributed by atoms with Gasteiger partial charge in [0.25, 0.3) is 0 Å². The van der Waals surface area contributed by atoms with Gasteiger partial charge in [0.2, 0.25) is 5.91 Å². The van der Waals surface area contributed by atoms with Gasteiger partial charge in [0, 0.05) is 43.5 Å². The molecule has 3 aliphatic rings. The van der Waals surface area contributed by atoms with Crippen LogP contribution in [-0.4, -0.2) is 63.4 Å². The highest BCUT2D eigenvalue weighted by Crippen LogP contribution is 2.42. The molecule has 0 saturated carbocycles. The first-order chi connectivity index (χ1) is 15.1. The predicted molar refractivity (Wildman–Crippen MR) is 117 cm³/mol. The lowest BCUT2D eigenvalue weighted by Crippen LogP contribution is -2.65. The van der Waals surface area contributed by atoms with Crippen molar-refractivity contribution in [1.82, 2.24) is 19.8 Å². The van der Waals surface area contributed by atoms with Gasteiger partial charge in [-0.3, -0.25) is 9.69 Å². The lowest BCUT2D eigenvalue weighted by molar-refractivity contribution is -0.142. The maximum absolute atomic E-state index is 13.8. The van der Waals surface area contributed by atoms with E-state index in [2.05, 4.69) is 14.9 Å². The Bertz CT molecular complexity index is 903. The number of nitrogens with one attached hydrogen (secondary N) is 1. The van der Waals surface area contributed by atoms with Crippen molar-refractivity contribution in [2.75, 3.05) is 19.6 Å². The highest BCUT2D eigenvalue weighted by atomic mass is 19.1. The number of fused-ring (bicyclic) bond motifs is 4. The SMILES string of the molecule is N[C@@H](Cc1cnc[nH]1)C(=O)N1C[C@H]2C[C@@H](C1)[C@H](Cc1cccc(F)c1)N1CCCC[C@@H]21. The second-order valence-corrected chi connectivity index (χ2v) is 9.59. The van der Waals surface area contributed by atoms with Crippen LogP contribution in [0.15, 0.2) is 36.8 Å². The first kappa shape index (κ1) is 20.6. The van der Waals surface area contributed by atoms with E-state index in [9.17, 15) is 9.18 Å². The quantitative estimate of drug-likeness (QED) is 0.771. The minimum Gasteiger partial charge on any atom is -0.348 e. The van der Waals surface area contributed by atoms with Crippen LogP contribution in [-0.2, 0) is 17.6 Å². The number of carbonyl (C=O) groups is 1. The number of hydrogen-bond acceptors (Lipinski definition) is 4. The Labute approximate surface area is 183 Å². The third-order valence-corrected chi connectivity index (χ3v) is 7.58. The number of rotatable bonds is 5.